The summed E-state index contributed by atoms with van der Waals surface area (Å²) in [6.45, 7) is 8.09. The van der Waals surface area contributed by atoms with Crippen molar-refractivity contribution in [2.24, 2.45) is 29.1 Å². The van der Waals surface area contributed by atoms with E-state index < -0.39 is 0 Å². The smallest absolute Gasteiger partial charge is 0.224 e. The van der Waals surface area contributed by atoms with Crippen LogP contribution in [0.1, 0.15) is 58.8 Å². The van der Waals surface area contributed by atoms with Crippen LogP contribution in [-0.4, -0.2) is 24.0 Å². The number of rotatable bonds is 9. The van der Waals surface area contributed by atoms with Gasteiger partial charge in [0.2, 0.25) is 5.91 Å². The zero-order chi connectivity index (χ0) is 22.1. The summed E-state index contributed by atoms with van der Waals surface area (Å²) in [5, 5.41) is 10.9. The molecule has 171 valence electrons. The maximum atomic E-state index is 13.1. The van der Waals surface area contributed by atoms with Crippen LogP contribution in [0, 0.1) is 35.6 Å². The van der Waals surface area contributed by atoms with E-state index in [1.165, 1.54) is 38.5 Å². The number of carbonyl (C=O) groups is 1. The summed E-state index contributed by atoms with van der Waals surface area (Å²) in [6, 6.07) is 10.1. The lowest BCUT2D eigenvalue weighted by Crippen LogP contribution is -2.47. The first-order valence-electron chi connectivity index (χ1n) is 12.5. The van der Waals surface area contributed by atoms with E-state index in [2.05, 4.69) is 42.4 Å². The van der Waals surface area contributed by atoms with E-state index in [1.54, 1.807) is 0 Å². The fraction of sp³-hybridized carbons (Fsp3) is 0.593. The third kappa shape index (κ3) is 4.78. The number of carbonyl (C=O) groups excluding carboxylic acids is 1. The Morgan fingerprint density at radius 2 is 1.78 bits per heavy atom. The zero-order valence-corrected chi connectivity index (χ0v) is 19.5. The van der Waals surface area contributed by atoms with Crippen LogP contribution in [0.25, 0.3) is 10.9 Å². The number of amides is 1. The van der Waals surface area contributed by atoms with Crippen LogP contribution in [0.3, 0.4) is 0 Å². The first-order valence-corrected chi connectivity index (χ1v) is 12.5. The molecule has 6 rings (SSSR count). The van der Waals surface area contributed by atoms with Gasteiger partial charge in [-0.15, -0.1) is 0 Å². The van der Waals surface area contributed by atoms with Crippen molar-refractivity contribution in [2.75, 3.05) is 23.7 Å². The quantitative estimate of drug-likeness (QED) is 0.450. The number of hydrogen-bond acceptors (Lipinski definition) is 4. The first kappa shape index (κ1) is 21.7. The molecule has 2 aromatic rings. The average molecular weight is 434 g/mol. The minimum absolute atomic E-state index is 0.175. The van der Waals surface area contributed by atoms with E-state index in [0.717, 1.165) is 53.3 Å². The Morgan fingerprint density at radius 3 is 2.47 bits per heavy atom. The molecular formula is C27H37N4O. The standard InChI is InChI=1S/C27H37N4O/c1-18(2)17-28-8-9-29-25-7-6-22-23(30-25)4-3-5-24(22)31-26(32)16-27-13-19-10-20(14-27)12-21(11-19)15-27/h3-7,17-21,28H,8-16H2,1-2H3,(H,29,30)(H,31,32). The molecule has 0 spiro atoms. The Morgan fingerprint density at radius 1 is 1.06 bits per heavy atom. The highest BCUT2D eigenvalue weighted by Gasteiger charge is 2.51. The van der Waals surface area contributed by atoms with Gasteiger partial charge in [-0.3, -0.25) is 4.79 Å². The number of fused-ring (bicyclic) bond motifs is 1. The second-order valence-corrected chi connectivity index (χ2v) is 11.0. The molecule has 0 aliphatic heterocycles. The lowest BCUT2D eigenvalue weighted by molar-refractivity contribution is -0.124. The van der Waals surface area contributed by atoms with Crippen molar-refractivity contribution in [2.45, 2.75) is 58.8 Å². The number of pyridine rings is 1. The van der Waals surface area contributed by atoms with Gasteiger partial charge in [0.25, 0.3) is 0 Å². The van der Waals surface area contributed by atoms with Gasteiger partial charge < -0.3 is 16.0 Å². The van der Waals surface area contributed by atoms with Gasteiger partial charge in [0, 0.05) is 31.4 Å². The lowest BCUT2D eigenvalue weighted by Gasteiger charge is -2.56. The Hall–Kier alpha value is -2.14. The second kappa shape index (κ2) is 9.01. The highest BCUT2D eigenvalue weighted by atomic mass is 16.1. The fourth-order valence-electron chi connectivity index (χ4n) is 6.99. The molecule has 32 heavy (non-hydrogen) atoms. The van der Waals surface area contributed by atoms with Crippen molar-refractivity contribution in [3.63, 3.8) is 0 Å². The molecule has 1 heterocycles. The van der Waals surface area contributed by atoms with E-state index >= 15 is 0 Å². The first-order chi connectivity index (χ1) is 15.5. The maximum Gasteiger partial charge on any atom is 0.224 e. The number of benzene rings is 1. The molecule has 5 nitrogen and oxygen atoms in total. The largest absolute Gasteiger partial charge is 0.369 e. The normalized spacial score (nSPS) is 28.4. The molecule has 0 saturated heterocycles. The molecule has 0 atom stereocenters. The zero-order valence-electron chi connectivity index (χ0n) is 19.5. The summed E-state index contributed by atoms with van der Waals surface area (Å²) in [4.78, 5) is 17.9. The van der Waals surface area contributed by atoms with Crippen LogP contribution in [0.2, 0.25) is 0 Å². The fourth-order valence-corrected chi connectivity index (χ4v) is 6.99. The van der Waals surface area contributed by atoms with Crippen LogP contribution >= 0.6 is 0 Å². The molecule has 1 radical (unpaired) electrons. The molecule has 4 aliphatic rings. The van der Waals surface area contributed by atoms with Gasteiger partial charge in [-0.1, -0.05) is 19.9 Å². The Balaban J connectivity index is 1.21. The molecule has 1 amide bonds. The van der Waals surface area contributed by atoms with Gasteiger partial charge in [-0.2, -0.15) is 0 Å². The third-order valence-electron chi connectivity index (χ3n) is 7.73. The third-order valence-corrected chi connectivity index (χ3v) is 7.73. The van der Waals surface area contributed by atoms with Crippen LogP contribution in [0.15, 0.2) is 30.3 Å². The summed E-state index contributed by atoms with van der Waals surface area (Å²) in [5.41, 5.74) is 2.05. The second-order valence-electron chi connectivity index (χ2n) is 11.0. The molecule has 4 aliphatic carbocycles. The van der Waals surface area contributed by atoms with Crippen molar-refractivity contribution in [3.8, 4) is 0 Å². The van der Waals surface area contributed by atoms with Gasteiger partial charge in [0.15, 0.2) is 0 Å². The molecule has 1 aromatic carbocycles. The van der Waals surface area contributed by atoms with Crippen molar-refractivity contribution in [1.29, 1.82) is 0 Å². The number of anilines is 2. The van der Waals surface area contributed by atoms with Crippen molar-refractivity contribution >= 4 is 28.3 Å². The lowest BCUT2D eigenvalue weighted by atomic mass is 9.49. The molecule has 1 aromatic heterocycles. The van der Waals surface area contributed by atoms with Crippen molar-refractivity contribution in [3.05, 3.63) is 36.9 Å². The molecule has 0 unspecified atom stereocenters. The van der Waals surface area contributed by atoms with E-state index in [4.69, 9.17) is 4.98 Å². The van der Waals surface area contributed by atoms with Crippen molar-refractivity contribution in [1.82, 2.24) is 10.3 Å². The van der Waals surface area contributed by atoms with Gasteiger partial charge in [-0.25, -0.2) is 4.98 Å². The monoisotopic (exact) mass is 433 g/mol. The molecule has 5 heteroatoms. The van der Waals surface area contributed by atoms with Gasteiger partial charge in [0.1, 0.15) is 5.82 Å². The van der Waals surface area contributed by atoms with Gasteiger partial charge in [0.05, 0.1) is 11.2 Å². The van der Waals surface area contributed by atoms with Crippen LogP contribution in [-0.2, 0) is 4.79 Å². The van der Waals surface area contributed by atoms with E-state index in [-0.39, 0.29) is 11.3 Å². The number of aromatic nitrogens is 1. The molecule has 3 N–H and O–H groups in total. The highest BCUT2D eigenvalue weighted by Crippen LogP contribution is 2.61. The summed E-state index contributed by atoms with van der Waals surface area (Å²) in [7, 11) is 0. The number of nitrogens with one attached hydrogen (secondary N) is 3. The molecular weight excluding hydrogens is 396 g/mol. The van der Waals surface area contributed by atoms with E-state index in [9.17, 15) is 4.79 Å². The highest BCUT2D eigenvalue weighted by molar-refractivity contribution is 6.01. The van der Waals surface area contributed by atoms with Crippen LogP contribution in [0.5, 0.6) is 0 Å². The minimum atomic E-state index is 0.175. The van der Waals surface area contributed by atoms with Crippen LogP contribution in [0.4, 0.5) is 11.5 Å². The molecule has 4 fully saturated rings. The molecule has 4 bridgehead atoms. The Kier molecular flexibility index (Phi) is 6.11. The summed E-state index contributed by atoms with van der Waals surface area (Å²) >= 11 is 0. The van der Waals surface area contributed by atoms with Crippen LogP contribution < -0.4 is 16.0 Å². The summed E-state index contributed by atoms with van der Waals surface area (Å²) < 4.78 is 0. The topological polar surface area (TPSA) is 66.0 Å². The maximum absolute atomic E-state index is 13.1. The SMILES string of the molecule is CC(C)[CH]NCCNc1ccc2c(NC(=O)CC34CC5CC(CC(C5)C3)C4)cccc2n1. The predicted octanol–water partition coefficient (Wildman–Crippen LogP) is 5.60. The summed E-state index contributed by atoms with van der Waals surface area (Å²) in [5.74, 6) is 4.20. The van der Waals surface area contributed by atoms with E-state index in [1.807, 2.05) is 24.3 Å². The van der Waals surface area contributed by atoms with E-state index in [0.29, 0.717) is 12.3 Å². The van der Waals surface area contributed by atoms with Gasteiger partial charge >= 0.3 is 0 Å². The number of nitrogens with zero attached hydrogens (tertiary/aromatic N) is 1. The van der Waals surface area contributed by atoms with Gasteiger partial charge in [-0.05, 0) is 91.9 Å². The predicted molar refractivity (Wildman–Crippen MR) is 131 cm³/mol. The Bertz CT molecular complexity index is 934. The average Bonchev–Trinajstić information content (AvgIpc) is 2.72. The summed E-state index contributed by atoms with van der Waals surface area (Å²) in [6.07, 6.45) is 8.72. The van der Waals surface area contributed by atoms with Crippen molar-refractivity contribution < 1.29 is 4.79 Å². The number of hydrogen-bond donors (Lipinski definition) is 3. The molecule has 4 saturated carbocycles. The Labute approximate surface area is 192 Å². The minimum Gasteiger partial charge on any atom is -0.369 e.